The van der Waals surface area contributed by atoms with E-state index in [1.54, 1.807) is 0 Å². The molecule has 88 valence electrons. The summed E-state index contributed by atoms with van der Waals surface area (Å²) in [5.41, 5.74) is 4.71. The third kappa shape index (κ3) is 3.31. The van der Waals surface area contributed by atoms with Crippen LogP contribution in [0.5, 0.6) is 5.75 Å². The number of rotatable bonds is 3. The lowest BCUT2D eigenvalue weighted by atomic mass is 10.1. The summed E-state index contributed by atoms with van der Waals surface area (Å²) in [6.45, 7) is 6.76. The van der Waals surface area contributed by atoms with Crippen LogP contribution in [-0.4, -0.2) is 4.98 Å². The molecule has 1 aromatic carbocycles. The second kappa shape index (κ2) is 5.00. The van der Waals surface area contributed by atoms with Crippen molar-refractivity contribution in [2.75, 3.05) is 0 Å². The van der Waals surface area contributed by atoms with Gasteiger partial charge in [0.05, 0.1) is 0 Å². The Morgan fingerprint density at radius 2 is 1.59 bits per heavy atom. The predicted octanol–water partition coefficient (Wildman–Crippen LogP) is 3.59. The summed E-state index contributed by atoms with van der Waals surface area (Å²) >= 11 is 0. The fourth-order valence-electron chi connectivity index (χ4n) is 1.88. The number of aryl methyl sites for hydroxylation is 3. The van der Waals surface area contributed by atoms with Crippen LogP contribution in [0, 0.1) is 20.8 Å². The van der Waals surface area contributed by atoms with Gasteiger partial charge in [0.15, 0.2) is 0 Å². The Labute approximate surface area is 102 Å². The molecule has 0 atom stereocenters. The summed E-state index contributed by atoms with van der Waals surface area (Å²) in [6.07, 6.45) is 3.69. The molecule has 0 radical (unpaired) electrons. The standard InChI is InChI=1S/C15H17NO/c1-11-4-12(2)7-15(6-11)17-10-14-5-13(3)8-16-9-14/h4-9H,10H2,1-3H3. The summed E-state index contributed by atoms with van der Waals surface area (Å²) in [5.74, 6) is 0.920. The Morgan fingerprint density at radius 1 is 0.882 bits per heavy atom. The van der Waals surface area contributed by atoms with Crippen molar-refractivity contribution >= 4 is 0 Å². The summed E-state index contributed by atoms with van der Waals surface area (Å²) in [6, 6.07) is 8.34. The van der Waals surface area contributed by atoms with Gasteiger partial charge in [-0.05, 0) is 55.7 Å². The molecule has 0 amide bonds. The lowest BCUT2D eigenvalue weighted by molar-refractivity contribution is 0.305. The number of ether oxygens (including phenoxy) is 1. The van der Waals surface area contributed by atoms with E-state index in [1.165, 1.54) is 11.1 Å². The molecule has 2 aromatic rings. The molecule has 0 saturated carbocycles. The van der Waals surface area contributed by atoms with Crippen molar-refractivity contribution in [2.24, 2.45) is 0 Å². The van der Waals surface area contributed by atoms with E-state index in [0.717, 1.165) is 16.9 Å². The zero-order valence-electron chi connectivity index (χ0n) is 10.5. The Kier molecular flexibility index (Phi) is 3.43. The molecule has 0 aliphatic rings. The van der Waals surface area contributed by atoms with E-state index in [-0.39, 0.29) is 0 Å². The van der Waals surface area contributed by atoms with Crippen molar-refractivity contribution < 1.29 is 4.74 Å². The maximum atomic E-state index is 5.77. The van der Waals surface area contributed by atoms with E-state index < -0.39 is 0 Å². The third-order valence-electron chi connectivity index (χ3n) is 2.53. The van der Waals surface area contributed by atoms with Crippen LogP contribution in [-0.2, 0) is 6.61 Å². The number of benzene rings is 1. The largest absolute Gasteiger partial charge is 0.489 e. The van der Waals surface area contributed by atoms with Gasteiger partial charge in [0, 0.05) is 18.0 Å². The fourth-order valence-corrected chi connectivity index (χ4v) is 1.88. The zero-order chi connectivity index (χ0) is 12.3. The van der Waals surface area contributed by atoms with Gasteiger partial charge in [-0.3, -0.25) is 4.98 Å². The molecule has 0 saturated heterocycles. The topological polar surface area (TPSA) is 22.1 Å². The molecule has 0 aliphatic heterocycles. The van der Waals surface area contributed by atoms with Crippen LogP contribution in [0.2, 0.25) is 0 Å². The minimum Gasteiger partial charge on any atom is -0.489 e. The van der Waals surface area contributed by atoms with Crippen LogP contribution in [0.4, 0.5) is 0 Å². The minimum absolute atomic E-state index is 0.567. The first-order valence-corrected chi connectivity index (χ1v) is 5.75. The summed E-state index contributed by atoms with van der Waals surface area (Å²) in [7, 11) is 0. The Balaban J connectivity index is 2.07. The summed E-state index contributed by atoms with van der Waals surface area (Å²) in [4.78, 5) is 4.15. The van der Waals surface area contributed by atoms with E-state index in [0.29, 0.717) is 6.61 Å². The first kappa shape index (κ1) is 11.6. The lowest BCUT2D eigenvalue weighted by Crippen LogP contribution is -1.97. The van der Waals surface area contributed by atoms with Crippen LogP contribution < -0.4 is 4.74 Å². The highest BCUT2D eigenvalue weighted by Crippen LogP contribution is 2.17. The molecule has 17 heavy (non-hydrogen) atoms. The second-order valence-electron chi connectivity index (χ2n) is 4.48. The van der Waals surface area contributed by atoms with Gasteiger partial charge in [-0.15, -0.1) is 0 Å². The van der Waals surface area contributed by atoms with Gasteiger partial charge in [0.2, 0.25) is 0 Å². The van der Waals surface area contributed by atoms with Crippen molar-refractivity contribution in [1.82, 2.24) is 4.98 Å². The highest BCUT2D eigenvalue weighted by Gasteiger charge is 1.99. The van der Waals surface area contributed by atoms with Crippen molar-refractivity contribution in [3.63, 3.8) is 0 Å². The van der Waals surface area contributed by atoms with E-state index in [9.17, 15) is 0 Å². The molecule has 2 heteroatoms. The fraction of sp³-hybridized carbons (Fsp3) is 0.267. The second-order valence-corrected chi connectivity index (χ2v) is 4.48. The smallest absolute Gasteiger partial charge is 0.120 e. The van der Waals surface area contributed by atoms with Gasteiger partial charge in [0.1, 0.15) is 12.4 Å². The maximum Gasteiger partial charge on any atom is 0.120 e. The molecule has 0 fully saturated rings. The molecular formula is C15H17NO. The number of hydrogen-bond donors (Lipinski definition) is 0. The molecule has 0 unspecified atom stereocenters. The average Bonchev–Trinajstić information content (AvgIpc) is 2.25. The highest BCUT2D eigenvalue weighted by atomic mass is 16.5. The first-order chi connectivity index (χ1) is 8.13. The Bertz CT molecular complexity index is 500. The van der Waals surface area contributed by atoms with Gasteiger partial charge in [0.25, 0.3) is 0 Å². The lowest BCUT2D eigenvalue weighted by Gasteiger charge is -2.08. The normalized spacial score (nSPS) is 10.3. The van der Waals surface area contributed by atoms with E-state index in [1.807, 2.05) is 19.3 Å². The summed E-state index contributed by atoms with van der Waals surface area (Å²) in [5, 5.41) is 0. The minimum atomic E-state index is 0.567. The van der Waals surface area contributed by atoms with Gasteiger partial charge >= 0.3 is 0 Å². The molecular weight excluding hydrogens is 210 g/mol. The number of pyridine rings is 1. The molecule has 2 nitrogen and oxygen atoms in total. The van der Waals surface area contributed by atoms with Crippen molar-refractivity contribution in [1.29, 1.82) is 0 Å². The molecule has 0 aliphatic carbocycles. The molecule has 1 heterocycles. The average molecular weight is 227 g/mol. The van der Waals surface area contributed by atoms with Gasteiger partial charge in [-0.25, -0.2) is 0 Å². The van der Waals surface area contributed by atoms with Crippen molar-refractivity contribution in [2.45, 2.75) is 27.4 Å². The molecule has 0 N–H and O–H groups in total. The number of aromatic nitrogens is 1. The van der Waals surface area contributed by atoms with Gasteiger partial charge in [-0.1, -0.05) is 6.07 Å². The zero-order valence-corrected chi connectivity index (χ0v) is 10.5. The quantitative estimate of drug-likeness (QED) is 0.799. The van der Waals surface area contributed by atoms with Crippen molar-refractivity contribution in [3.05, 3.63) is 58.9 Å². The number of hydrogen-bond acceptors (Lipinski definition) is 2. The number of nitrogens with zero attached hydrogens (tertiary/aromatic N) is 1. The summed E-state index contributed by atoms with van der Waals surface area (Å²) < 4.78 is 5.77. The molecule has 2 rings (SSSR count). The van der Waals surface area contributed by atoms with Crippen molar-refractivity contribution in [3.8, 4) is 5.75 Å². The maximum absolute atomic E-state index is 5.77. The van der Waals surface area contributed by atoms with E-state index >= 15 is 0 Å². The van der Waals surface area contributed by atoms with Gasteiger partial charge < -0.3 is 4.74 Å². The Hall–Kier alpha value is -1.83. The van der Waals surface area contributed by atoms with E-state index in [2.05, 4.69) is 43.1 Å². The van der Waals surface area contributed by atoms with Gasteiger partial charge in [-0.2, -0.15) is 0 Å². The SMILES string of the molecule is Cc1cncc(COc2cc(C)cc(C)c2)c1. The Morgan fingerprint density at radius 3 is 2.24 bits per heavy atom. The molecule has 0 bridgehead atoms. The molecule has 1 aromatic heterocycles. The van der Waals surface area contributed by atoms with Crippen LogP contribution in [0.25, 0.3) is 0 Å². The predicted molar refractivity (Wildman–Crippen MR) is 69.2 cm³/mol. The van der Waals surface area contributed by atoms with E-state index in [4.69, 9.17) is 4.74 Å². The third-order valence-corrected chi connectivity index (χ3v) is 2.53. The van der Waals surface area contributed by atoms with Crippen LogP contribution in [0.15, 0.2) is 36.7 Å². The van der Waals surface area contributed by atoms with Crippen LogP contribution in [0.1, 0.15) is 22.3 Å². The highest BCUT2D eigenvalue weighted by molar-refractivity contribution is 5.33. The van der Waals surface area contributed by atoms with Crippen LogP contribution >= 0.6 is 0 Å². The molecule has 0 spiro atoms. The monoisotopic (exact) mass is 227 g/mol. The first-order valence-electron chi connectivity index (χ1n) is 5.75. The van der Waals surface area contributed by atoms with Crippen LogP contribution in [0.3, 0.4) is 0 Å².